The van der Waals surface area contributed by atoms with Crippen LogP contribution in [0.5, 0.6) is 11.5 Å². The fraction of sp³-hybridized carbons (Fsp3) is 0.526. The Morgan fingerprint density at radius 1 is 1.28 bits per heavy atom. The van der Waals surface area contributed by atoms with E-state index in [1.807, 2.05) is 19.9 Å². The van der Waals surface area contributed by atoms with Crippen molar-refractivity contribution in [3.05, 3.63) is 33.9 Å². The Morgan fingerprint density at radius 2 is 1.96 bits per heavy atom. The third-order valence-electron chi connectivity index (χ3n) is 5.72. The van der Waals surface area contributed by atoms with Gasteiger partial charge in [0.15, 0.2) is 5.60 Å². The first kappa shape index (κ1) is 16.4. The van der Waals surface area contributed by atoms with Gasteiger partial charge < -0.3 is 24.8 Å². The van der Waals surface area contributed by atoms with Crippen LogP contribution in [0.15, 0.2) is 11.6 Å². The van der Waals surface area contributed by atoms with E-state index in [1.165, 1.54) is 0 Å². The molecule has 4 bridgehead atoms. The van der Waals surface area contributed by atoms with Crippen molar-refractivity contribution in [2.24, 2.45) is 0 Å². The minimum absolute atomic E-state index is 0.0136. The molecule has 0 radical (unpaired) electrons. The Labute approximate surface area is 145 Å². The summed E-state index contributed by atoms with van der Waals surface area (Å²) < 4.78 is 11.3. The number of rotatable bonds is 2. The highest BCUT2D eigenvalue weighted by Crippen LogP contribution is 2.65. The number of hydrogen-bond donors (Lipinski definition) is 3. The van der Waals surface area contributed by atoms with E-state index in [1.54, 1.807) is 13.8 Å². The molecular formula is C19H22O6. The maximum absolute atomic E-state index is 12.3. The largest absolute Gasteiger partial charge is 0.507 e. The van der Waals surface area contributed by atoms with Crippen molar-refractivity contribution < 1.29 is 29.6 Å². The van der Waals surface area contributed by atoms with Crippen LogP contribution in [-0.4, -0.2) is 32.7 Å². The number of hydrogen-bond acceptors (Lipinski definition) is 6. The van der Waals surface area contributed by atoms with Gasteiger partial charge in [-0.1, -0.05) is 11.6 Å². The van der Waals surface area contributed by atoms with Crippen LogP contribution in [0.25, 0.3) is 0 Å². The number of benzene rings is 1. The van der Waals surface area contributed by atoms with Gasteiger partial charge in [0, 0.05) is 30.0 Å². The minimum atomic E-state index is -1.70. The van der Waals surface area contributed by atoms with E-state index >= 15 is 0 Å². The van der Waals surface area contributed by atoms with E-state index < -0.39 is 29.4 Å². The highest BCUT2D eigenvalue weighted by Gasteiger charge is 2.72. The molecule has 6 heteroatoms. The van der Waals surface area contributed by atoms with Crippen LogP contribution in [0.2, 0.25) is 0 Å². The second-order valence-electron chi connectivity index (χ2n) is 7.69. The van der Waals surface area contributed by atoms with Gasteiger partial charge in [-0.25, -0.2) is 4.79 Å². The molecule has 1 aromatic rings. The Hall–Kier alpha value is -2.05. The average Bonchev–Trinajstić information content (AvgIpc) is 2.64. The SMILES string of the molecule is CC(C)=CCc1c(O)c(C)c(O)c2c1C1C3(C)OC(=O)C1(O)CC2O3. The molecule has 3 heterocycles. The van der Waals surface area contributed by atoms with E-state index in [9.17, 15) is 20.1 Å². The average molecular weight is 346 g/mol. The molecule has 1 aromatic carbocycles. The zero-order valence-corrected chi connectivity index (χ0v) is 14.7. The van der Waals surface area contributed by atoms with Crippen LogP contribution in [0.1, 0.15) is 61.5 Å². The smallest absolute Gasteiger partial charge is 0.341 e. The minimum Gasteiger partial charge on any atom is -0.507 e. The lowest BCUT2D eigenvalue weighted by atomic mass is 9.64. The molecule has 1 aliphatic carbocycles. The number of esters is 1. The van der Waals surface area contributed by atoms with Crippen molar-refractivity contribution in [1.82, 2.24) is 0 Å². The molecule has 0 saturated carbocycles. The van der Waals surface area contributed by atoms with Crippen molar-refractivity contribution >= 4 is 5.97 Å². The fourth-order valence-electron chi connectivity index (χ4n) is 4.57. The van der Waals surface area contributed by atoms with Crippen molar-refractivity contribution in [1.29, 1.82) is 0 Å². The van der Waals surface area contributed by atoms with Gasteiger partial charge in [-0.2, -0.15) is 0 Å². The summed E-state index contributed by atoms with van der Waals surface area (Å²) in [6, 6.07) is 0. The summed E-state index contributed by atoms with van der Waals surface area (Å²) in [5, 5.41) is 32.3. The van der Waals surface area contributed by atoms with E-state index in [2.05, 4.69) is 0 Å². The van der Waals surface area contributed by atoms with Gasteiger partial charge in [-0.05, 0) is 32.8 Å². The first-order chi connectivity index (χ1) is 11.6. The summed E-state index contributed by atoms with van der Waals surface area (Å²) >= 11 is 0. The quantitative estimate of drug-likeness (QED) is 0.562. The Bertz CT molecular complexity index is 837. The Kier molecular flexibility index (Phi) is 3.13. The van der Waals surface area contributed by atoms with Gasteiger partial charge >= 0.3 is 5.97 Å². The van der Waals surface area contributed by atoms with Crippen LogP contribution in [-0.2, 0) is 20.7 Å². The molecule has 4 atom stereocenters. The van der Waals surface area contributed by atoms with Crippen molar-refractivity contribution in [3.8, 4) is 11.5 Å². The Morgan fingerprint density at radius 3 is 2.56 bits per heavy atom. The van der Waals surface area contributed by atoms with Gasteiger partial charge in [-0.3, -0.25) is 0 Å². The second-order valence-corrected chi connectivity index (χ2v) is 7.69. The van der Waals surface area contributed by atoms with Crippen molar-refractivity contribution in [2.75, 3.05) is 0 Å². The van der Waals surface area contributed by atoms with Gasteiger partial charge in [0.1, 0.15) is 11.5 Å². The monoisotopic (exact) mass is 346 g/mol. The second kappa shape index (κ2) is 4.77. The maximum Gasteiger partial charge on any atom is 0.341 e. The summed E-state index contributed by atoms with van der Waals surface area (Å²) in [6.07, 6.45) is 1.78. The molecule has 25 heavy (non-hydrogen) atoms. The van der Waals surface area contributed by atoms with Crippen LogP contribution < -0.4 is 0 Å². The molecule has 0 spiro atoms. The van der Waals surface area contributed by atoms with Gasteiger partial charge in [0.25, 0.3) is 0 Å². The van der Waals surface area contributed by atoms with Crippen LogP contribution in [0, 0.1) is 6.92 Å². The van der Waals surface area contributed by atoms with Gasteiger partial charge in [0.2, 0.25) is 5.79 Å². The molecule has 6 nitrogen and oxygen atoms in total. The first-order valence-electron chi connectivity index (χ1n) is 8.44. The Balaban J connectivity index is 2.04. The van der Waals surface area contributed by atoms with Gasteiger partial charge in [-0.15, -0.1) is 0 Å². The summed E-state index contributed by atoms with van der Waals surface area (Å²) in [5.74, 6) is -2.84. The standard InChI is InChI=1S/C19H22O6/c1-8(2)5-6-10-12-13(15(21)9(3)14(10)20)11-7-19(23)16(12)18(4,24-11)25-17(19)22/h5,11,16,20-21,23H,6-7H2,1-4H3. The van der Waals surface area contributed by atoms with E-state index in [0.717, 1.165) is 5.57 Å². The lowest BCUT2D eigenvalue weighted by molar-refractivity contribution is -0.258. The third-order valence-corrected chi connectivity index (χ3v) is 5.72. The molecule has 2 saturated heterocycles. The number of phenolic OH excluding ortho intramolecular Hbond substituents is 2. The fourth-order valence-corrected chi connectivity index (χ4v) is 4.57. The number of allylic oxidation sites excluding steroid dienone is 2. The number of carbonyl (C=O) groups is 1. The van der Waals surface area contributed by atoms with E-state index in [-0.39, 0.29) is 17.9 Å². The number of aliphatic hydroxyl groups is 1. The lowest BCUT2D eigenvalue weighted by Crippen LogP contribution is -2.54. The number of aromatic hydroxyl groups is 2. The molecule has 134 valence electrons. The number of carbonyl (C=O) groups excluding carboxylic acids is 1. The number of ether oxygens (including phenoxy) is 2. The van der Waals surface area contributed by atoms with Crippen LogP contribution in [0.4, 0.5) is 0 Å². The van der Waals surface area contributed by atoms with Gasteiger partial charge in [0.05, 0.1) is 12.0 Å². The van der Waals surface area contributed by atoms with Crippen molar-refractivity contribution in [2.45, 2.75) is 63.9 Å². The summed E-state index contributed by atoms with van der Waals surface area (Å²) in [6.45, 7) is 7.18. The molecule has 4 aliphatic rings. The summed E-state index contributed by atoms with van der Waals surface area (Å²) in [5.41, 5.74) is 1.50. The maximum atomic E-state index is 12.3. The lowest BCUT2D eigenvalue weighted by Gasteiger charge is -2.49. The van der Waals surface area contributed by atoms with E-state index in [4.69, 9.17) is 9.47 Å². The zero-order valence-electron chi connectivity index (χ0n) is 14.7. The van der Waals surface area contributed by atoms with Crippen LogP contribution in [0.3, 0.4) is 0 Å². The zero-order chi connectivity index (χ0) is 18.3. The highest BCUT2D eigenvalue weighted by atomic mass is 16.7. The molecule has 3 aliphatic heterocycles. The molecule has 3 N–H and O–H groups in total. The molecule has 5 rings (SSSR count). The van der Waals surface area contributed by atoms with Crippen molar-refractivity contribution in [3.63, 3.8) is 0 Å². The first-order valence-corrected chi connectivity index (χ1v) is 8.44. The van der Waals surface area contributed by atoms with E-state index in [0.29, 0.717) is 28.7 Å². The topological polar surface area (TPSA) is 96.2 Å². The summed E-state index contributed by atoms with van der Waals surface area (Å²) in [7, 11) is 0. The normalized spacial score (nSPS) is 34.7. The third kappa shape index (κ3) is 1.89. The molecular weight excluding hydrogens is 324 g/mol. The predicted molar refractivity (Wildman–Crippen MR) is 88.3 cm³/mol. The highest BCUT2D eigenvalue weighted by molar-refractivity contribution is 5.86. The molecule has 2 fully saturated rings. The molecule has 4 unspecified atom stereocenters. The summed E-state index contributed by atoms with van der Waals surface area (Å²) in [4.78, 5) is 12.3. The molecule has 0 aromatic heterocycles. The number of phenols is 2. The predicted octanol–water partition coefficient (Wildman–Crippen LogP) is 2.48. The molecule has 0 amide bonds. The van der Waals surface area contributed by atoms with Crippen LogP contribution >= 0.6 is 0 Å².